The van der Waals surface area contributed by atoms with Crippen LogP contribution in [0.15, 0.2) is 12.1 Å². The van der Waals surface area contributed by atoms with Crippen molar-refractivity contribution in [2.75, 3.05) is 5.32 Å². The Labute approximate surface area is 75.8 Å². The zero-order valence-corrected chi connectivity index (χ0v) is 7.64. The SMILES string of the molecule is CC(=O)Nc1ccc(C)nc1Cl. The van der Waals surface area contributed by atoms with E-state index in [9.17, 15) is 4.79 Å². The fourth-order valence-corrected chi connectivity index (χ4v) is 1.05. The number of aryl methyl sites for hydroxylation is 1. The fourth-order valence-electron chi connectivity index (χ4n) is 0.808. The van der Waals surface area contributed by atoms with Gasteiger partial charge < -0.3 is 5.32 Å². The molecule has 12 heavy (non-hydrogen) atoms. The molecule has 1 aromatic rings. The first-order chi connectivity index (χ1) is 5.59. The van der Waals surface area contributed by atoms with Crippen molar-refractivity contribution in [3.63, 3.8) is 0 Å². The smallest absolute Gasteiger partial charge is 0.221 e. The summed E-state index contributed by atoms with van der Waals surface area (Å²) in [6.45, 7) is 3.26. The summed E-state index contributed by atoms with van der Waals surface area (Å²) in [6.07, 6.45) is 0. The molecule has 0 aliphatic carbocycles. The number of halogens is 1. The number of carbonyl (C=O) groups is 1. The number of hydrogen-bond donors (Lipinski definition) is 1. The minimum absolute atomic E-state index is 0.150. The van der Waals surface area contributed by atoms with Gasteiger partial charge in [-0.25, -0.2) is 4.98 Å². The third-order valence-electron chi connectivity index (χ3n) is 1.30. The standard InChI is InChI=1S/C8H9ClN2O/c1-5-3-4-7(8(9)10-5)11-6(2)12/h3-4H,1-2H3,(H,11,12). The van der Waals surface area contributed by atoms with Gasteiger partial charge in [-0.05, 0) is 19.1 Å². The predicted octanol–water partition coefficient (Wildman–Crippen LogP) is 2.00. The lowest BCUT2D eigenvalue weighted by Gasteiger charge is -2.03. The molecule has 1 heterocycles. The number of aromatic nitrogens is 1. The zero-order valence-electron chi connectivity index (χ0n) is 6.89. The van der Waals surface area contributed by atoms with E-state index in [4.69, 9.17) is 11.6 Å². The Kier molecular flexibility index (Phi) is 2.65. The molecule has 1 amide bonds. The van der Waals surface area contributed by atoms with Crippen molar-refractivity contribution in [1.29, 1.82) is 0 Å². The number of anilines is 1. The highest BCUT2D eigenvalue weighted by Crippen LogP contribution is 2.18. The molecule has 0 spiro atoms. The van der Waals surface area contributed by atoms with Crippen LogP contribution in [0.5, 0.6) is 0 Å². The highest BCUT2D eigenvalue weighted by molar-refractivity contribution is 6.32. The molecular weight excluding hydrogens is 176 g/mol. The minimum atomic E-state index is -0.150. The Morgan fingerprint density at radius 3 is 2.75 bits per heavy atom. The van der Waals surface area contributed by atoms with E-state index in [1.54, 1.807) is 12.1 Å². The van der Waals surface area contributed by atoms with Gasteiger partial charge in [-0.3, -0.25) is 4.79 Å². The van der Waals surface area contributed by atoms with Crippen molar-refractivity contribution in [2.45, 2.75) is 13.8 Å². The Hall–Kier alpha value is -1.09. The molecule has 0 saturated carbocycles. The van der Waals surface area contributed by atoms with Gasteiger partial charge in [0.15, 0.2) is 5.15 Å². The molecule has 0 aliphatic heterocycles. The van der Waals surface area contributed by atoms with Crippen molar-refractivity contribution in [2.24, 2.45) is 0 Å². The summed E-state index contributed by atoms with van der Waals surface area (Å²) in [5.41, 5.74) is 1.38. The quantitative estimate of drug-likeness (QED) is 0.679. The average Bonchev–Trinajstić information content (AvgIpc) is 1.94. The van der Waals surface area contributed by atoms with E-state index in [0.717, 1.165) is 5.69 Å². The number of nitrogens with zero attached hydrogens (tertiary/aromatic N) is 1. The number of hydrogen-bond acceptors (Lipinski definition) is 2. The van der Waals surface area contributed by atoms with Gasteiger partial charge in [0.25, 0.3) is 0 Å². The molecule has 0 radical (unpaired) electrons. The summed E-state index contributed by atoms with van der Waals surface area (Å²) in [6, 6.07) is 3.52. The van der Waals surface area contributed by atoms with Gasteiger partial charge in [-0.2, -0.15) is 0 Å². The molecule has 0 atom stereocenters. The highest BCUT2D eigenvalue weighted by Gasteiger charge is 2.01. The second kappa shape index (κ2) is 3.54. The van der Waals surface area contributed by atoms with Gasteiger partial charge in [0, 0.05) is 12.6 Å². The molecule has 0 saturated heterocycles. The topological polar surface area (TPSA) is 42.0 Å². The molecule has 1 N–H and O–H groups in total. The molecule has 0 unspecified atom stereocenters. The maximum absolute atomic E-state index is 10.7. The van der Waals surface area contributed by atoms with Gasteiger partial charge in [-0.15, -0.1) is 0 Å². The first-order valence-corrected chi connectivity index (χ1v) is 3.88. The van der Waals surface area contributed by atoms with Crippen molar-refractivity contribution in [1.82, 2.24) is 4.98 Å². The van der Waals surface area contributed by atoms with Crippen LogP contribution >= 0.6 is 11.6 Å². The van der Waals surface area contributed by atoms with Crippen LogP contribution in [0, 0.1) is 6.92 Å². The van der Waals surface area contributed by atoms with Crippen LogP contribution in [0.3, 0.4) is 0 Å². The predicted molar refractivity (Wildman–Crippen MR) is 48.3 cm³/mol. The fraction of sp³-hybridized carbons (Fsp3) is 0.250. The van der Waals surface area contributed by atoms with Gasteiger partial charge in [0.1, 0.15) is 0 Å². The van der Waals surface area contributed by atoms with E-state index in [-0.39, 0.29) is 5.91 Å². The highest BCUT2D eigenvalue weighted by atomic mass is 35.5. The number of pyridine rings is 1. The Morgan fingerprint density at radius 2 is 2.25 bits per heavy atom. The van der Waals surface area contributed by atoms with Gasteiger partial charge in [-0.1, -0.05) is 11.6 Å². The van der Waals surface area contributed by atoms with Crippen LogP contribution in [0.25, 0.3) is 0 Å². The third kappa shape index (κ3) is 2.20. The van der Waals surface area contributed by atoms with E-state index in [1.165, 1.54) is 6.92 Å². The molecule has 0 bridgehead atoms. The first-order valence-electron chi connectivity index (χ1n) is 3.50. The molecular formula is C8H9ClN2O. The maximum Gasteiger partial charge on any atom is 0.221 e. The Bertz CT molecular complexity index is 312. The first kappa shape index (κ1) is 9.00. The van der Waals surface area contributed by atoms with Gasteiger partial charge in [0.05, 0.1) is 5.69 Å². The molecule has 64 valence electrons. The summed E-state index contributed by atoms with van der Waals surface area (Å²) in [7, 11) is 0. The summed E-state index contributed by atoms with van der Waals surface area (Å²) in [5.74, 6) is -0.150. The van der Waals surface area contributed by atoms with E-state index < -0.39 is 0 Å². The van der Waals surface area contributed by atoms with Gasteiger partial charge >= 0.3 is 0 Å². The second-order valence-corrected chi connectivity index (χ2v) is 2.83. The minimum Gasteiger partial charge on any atom is -0.324 e. The molecule has 0 aromatic carbocycles. The Balaban J connectivity index is 2.93. The van der Waals surface area contributed by atoms with Crippen molar-refractivity contribution in [3.05, 3.63) is 23.0 Å². The summed E-state index contributed by atoms with van der Waals surface area (Å²) >= 11 is 5.75. The molecule has 0 fully saturated rings. The van der Waals surface area contributed by atoms with E-state index >= 15 is 0 Å². The average molecular weight is 185 g/mol. The largest absolute Gasteiger partial charge is 0.324 e. The lowest BCUT2D eigenvalue weighted by Crippen LogP contribution is -2.06. The van der Waals surface area contributed by atoms with Crippen LogP contribution in [-0.4, -0.2) is 10.9 Å². The lowest BCUT2D eigenvalue weighted by molar-refractivity contribution is -0.114. The van der Waals surface area contributed by atoms with Crippen LogP contribution in [-0.2, 0) is 4.79 Å². The maximum atomic E-state index is 10.7. The molecule has 1 rings (SSSR count). The van der Waals surface area contributed by atoms with Crippen LogP contribution < -0.4 is 5.32 Å². The number of amides is 1. The summed E-state index contributed by atoms with van der Waals surface area (Å²) in [5, 5.41) is 2.89. The summed E-state index contributed by atoms with van der Waals surface area (Å²) < 4.78 is 0. The van der Waals surface area contributed by atoms with Gasteiger partial charge in [0.2, 0.25) is 5.91 Å². The van der Waals surface area contributed by atoms with E-state index in [2.05, 4.69) is 10.3 Å². The number of nitrogens with one attached hydrogen (secondary N) is 1. The second-order valence-electron chi connectivity index (χ2n) is 2.47. The monoisotopic (exact) mass is 184 g/mol. The van der Waals surface area contributed by atoms with Crippen LogP contribution in [0.1, 0.15) is 12.6 Å². The zero-order chi connectivity index (χ0) is 9.14. The number of carbonyl (C=O) groups excluding carboxylic acids is 1. The lowest BCUT2D eigenvalue weighted by atomic mass is 10.3. The van der Waals surface area contributed by atoms with Crippen molar-refractivity contribution < 1.29 is 4.79 Å². The van der Waals surface area contributed by atoms with Crippen LogP contribution in [0.4, 0.5) is 5.69 Å². The van der Waals surface area contributed by atoms with Crippen molar-refractivity contribution >= 4 is 23.2 Å². The van der Waals surface area contributed by atoms with Crippen molar-refractivity contribution in [3.8, 4) is 0 Å². The normalized spacial score (nSPS) is 9.58. The summed E-state index contributed by atoms with van der Waals surface area (Å²) in [4.78, 5) is 14.6. The molecule has 0 aliphatic rings. The molecule has 1 aromatic heterocycles. The number of rotatable bonds is 1. The third-order valence-corrected chi connectivity index (χ3v) is 1.59. The van der Waals surface area contributed by atoms with Crippen LogP contribution in [0.2, 0.25) is 5.15 Å². The Morgan fingerprint density at radius 1 is 1.58 bits per heavy atom. The van der Waals surface area contributed by atoms with E-state index in [0.29, 0.717) is 10.8 Å². The van der Waals surface area contributed by atoms with E-state index in [1.807, 2.05) is 6.92 Å². The molecule has 3 nitrogen and oxygen atoms in total. The molecule has 4 heteroatoms.